The first-order valence-corrected chi connectivity index (χ1v) is 19.1. The van der Waals surface area contributed by atoms with E-state index in [-0.39, 0.29) is 30.0 Å². The van der Waals surface area contributed by atoms with Gasteiger partial charge in [0.15, 0.2) is 14.6 Å². The van der Waals surface area contributed by atoms with Crippen molar-refractivity contribution in [2.45, 2.75) is 69.0 Å². The SMILES string of the molecule is CN1C(=O)[C@@]23C[C@]4([C@@]56c7ccccc7N[C@@H]5N5C(=O)[C@]7(C)SS[C@]5(C(=O)N7C)[C@H]6O)c5ccccc5N[C@@H]4N2C(=O)[C@]1(C)SS3. The highest BCUT2D eigenvalue weighted by Crippen LogP contribution is 2.78. The molecule has 12 rings (SSSR count). The third-order valence-corrected chi connectivity index (χ3v) is 19.4. The fourth-order valence-corrected chi connectivity index (χ4v) is 16.8. The number of nitrogens with one attached hydrogen (secondary N) is 2. The predicted molar refractivity (Wildman–Crippen MR) is 174 cm³/mol. The van der Waals surface area contributed by atoms with E-state index in [4.69, 9.17) is 0 Å². The van der Waals surface area contributed by atoms with Gasteiger partial charge < -0.3 is 25.5 Å². The van der Waals surface area contributed by atoms with E-state index in [1.165, 1.54) is 48.1 Å². The number of amides is 4. The summed E-state index contributed by atoms with van der Waals surface area (Å²) in [5, 5.41) is 20.5. The lowest BCUT2D eigenvalue weighted by molar-refractivity contribution is -0.166. The molecule has 0 unspecified atom stereocenters. The minimum Gasteiger partial charge on any atom is -0.388 e. The monoisotopic (exact) mass is 680 g/mol. The third kappa shape index (κ3) is 2.36. The van der Waals surface area contributed by atoms with E-state index in [0.29, 0.717) is 0 Å². The van der Waals surface area contributed by atoms with Crippen LogP contribution in [0.1, 0.15) is 31.4 Å². The molecule has 15 heteroatoms. The number of nitrogens with zero attached hydrogens (tertiary/aromatic N) is 4. The van der Waals surface area contributed by atoms with Crippen LogP contribution < -0.4 is 10.6 Å². The van der Waals surface area contributed by atoms with Crippen molar-refractivity contribution in [2.24, 2.45) is 0 Å². The highest BCUT2D eigenvalue weighted by molar-refractivity contribution is 8.78. The molecule has 0 aromatic heterocycles. The van der Waals surface area contributed by atoms with E-state index < -0.39 is 48.7 Å². The van der Waals surface area contributed by atoms with Crippen molar-refractivity contribution < 1.29 is 24.3 Å². The minimum atomic E-state index is -1.63. The lowest BCUT2D eigenvalue weighted by Crippen LogP contribution is -2.77. The normalized spacial score (nSPS) is 46.1. The Bertz CT molecular complexity index is 1860. The number of piperazine rings is 2. The Morgan fingerprint density at radius 3 is 1.98 bits per heavy atom. The van der Waals surface area contributed by atoms with E-state index in [9.17, 15) is 24.3 Å². The average Bonchev–Trinajstić information content (AvgIpc) is 3.70. The maximum absolute atomic E-state index is 14.6. The van der Waals surface area contributed by atoms with E-state index in [0.717, 1.165) is 22.5 Å². The Morgan fingerprint density at radius 1 is 0.711 bits per heavy atom. The molecular formula is C30H28N6O5S4. The summed E-state index contributed by atoms with van der Waals surface area (Å²) in [5.74, 6) is -0.935. The average molecular weight is 681 g/mol. The number of hydrogen-bond donors (Lipinski definition) is 3. The Labute approximate surface area is 274 Å². The van der Waals surface area contributed by atoms with Gasteiger partial charge in [-0.05, 0) is 47.9 Å². The van der Waals surface area contributed by atoms with Crippen LogP contribution in [0.25, 0.3) is 0 Å². The zero-order chi connectivity index (χ0) is 31.3. The van der Waals surface area contributed by atoms with Gasteiger partial charge in [-0.1, -0.05) is 68.8 Å². The zero-order valence-corrected chi connectivity index (χ0v) is 27.8. The van der Waals surface area contributed by atoms with E-state index in [1.54, 1.807) is 42.6 Å². The first kappa shape index (κ1) is 27.4. The summed E-state index contributed by atoms with van der Waals surface area (Å²) in [6.07, 6.45) is -2.82. The second-order valence-corrected chi connectivity index (χ2v) is 19.0. The van der Waals surface area contributed by atoms with Crippen LogP contribution in [-0.2, 0) is 30.0 Å². The van der Waals surface area contributed by atoms with Crippen LogP contribution in [0.4, 0.5) is 11.4 Å². The number of rotatable bonds is 1. The van der Waals surface area contributed by atoms with Crippen LogP contribution >= 0.6 is 43.2 Å². The molecule has 2 aromatic rings. The molecule has 4 bridgehead atoms. The van der Waals surface area contributed by atoms with E-state index >= 15 is 0 Å². The highest BCUT2D eigenvalue weighted by Gasteiger charge is 2.90. The number of carbonyl (C=O) groups excluding carboxylic acids is 4. The van der Waals surface area contributed by atoms with Crippen molar-refractivity contribution in [1.29, 1.82) is 0 Å². The lowest BCUT2D eigenvalue weighted by atomic mass is 9.53. The van der Waals surface area contributed by atoms with Crippen LogP contribution in [-0.4, -0.2) is 100 Å². The molecule has 3 N–H and O–H groups in total. The van der Waals surface area contributed by atoms with Crippen molar-refractivity contribution in [1.82, 2.24) is 19.6 Å². The standard InChI is InChI=1S/C30H28N6O5S4/c1-25-21(38)35-19-27(14-9-5-7-11-16(14)31-19,13-28(35,44-42-25)23(40)33(25)3)29-15-10-6-8-12-17(15)32-20(29)36-22(39)26(2)34(4)24(41)30(36,18(29)37)45-43-26/h5-12,18-20,31-32,37H,13H2,1-4H3/t18-,19+,20+,25-,26-,27-,28-,29+,30-/m0/s1. The number of fused-ring (bicyclic) bond motifs is 11. The van der Waals surface area contributed by atoms with Crippen molar-refractivity contribution >= 4 is 78.2 Å². The molecule has 8 fully saturated rings. The Kier molecular flexibility index (Phi) is 4.69. The molecule has 10 heterocycles. The van der Waals surface area contributed by atoms with Gasteiger partial charge in [-0.3, -0.25) is 29.0 Å². The first-order chi connectivity index (χ1) is 21.4. The van der Waals surface area contributed by atoms with E-state index in [2.05, 4.69) is 10.6 Å². The summed E-state index contributed by atoms with van der Waals surface area (Å²) in [6, 6.07) is 15.5. The van der Waals surface area contributed by atoms with Crippen LogP contribution in [0, 0.1) is 0 Å². The fourth-order valence-electron chi connectivity index (χ4n) is 9.74. The molecule has 232 valence electrons. The predicted octanol–water partition coefficient (Wildman–Crippen LogP) is 2.36. The lowest BCUT2D eigenvalue weighted by Gasteiger charge is -2.58. The van der Waals surface area contributed by atoms with Gasteiger partial charge in [-0.25, -0.2) is 0 Å². The van der Waals surface area contributed by atoms with Crippen LogP contribution in [0.3, 0.4) is 0 Å². The van der Waals surface area contributed by atoms with Crippen molar-refractivity contribution in [2.75, 3.05) is 24.7 Å². The van der Waals surface area contributed by atoms with Gasteiger partial charge in [0, 0.05) is 31.9 Å². The number of para-hydroxylation sites is 2. The maximum Gasteiger partial charge on any atom is 0.264 e. The van der Waals surface area contributed by atoms with Gasteiger partial charge in [-0.15, -0.1) is 0 Å². The molecular weight excluding hydrogens is 653 g/mol. The molecule has 0 saturated carbocycles. The van der Waals surface area contributed by atoms with Gasteiger partial charge in [0.2, 0.25) is 4.87 Å². The molecule has 11 nitrogen and oxygen atoms in total. The van der Waals surface area contributed by atoms with Gasteiger partial charge in [0.25, 0.3) is 23.6 Å². The topological polar surface area (TPSA) is 126 Å². The summed E-state index contributed by atoms with van der Waals surface area (Å²) in [5.41, 5.74) is 0.681. The van der Waals surface area contributed by atoms with Crippen LogP contribution in [0.5, 0.6) is 0 Å². The summed E-state index contributed by atoms with van der Waals surface area (Å²) in [6.45, 7) is 3.54. The first-order valence-electron chi connectivity index (χ1n) is 14.8. The summed E-state index contributed by atoms with van der Waals surface area (Å²) in [4.78, 5) is 59.5. The molecule has 0 radical (unpaired) electrons. The summed E-state index contributed by atoms with van der Waals surface area (Å²) >= 11 is 0. The largest absolute Gasteiger partial charge is 0.388 e. The zero-order valence-electron chi connectivity index (χ0n) is 24.6. The number of carbonyl (C=O) groups is 4. The molecule has 45 heavy (non-hydrogen) atoms. The smallest absolute Gasteiger partial charge is 0.264 e. The van der Waals surface area contributed by atoms with Crippen LogP contribution in [0.2, 0.25) is 0 Å². The molecule has 2 spiro atoms. The number of benzene rings is 2. The second kappa shape index (κ2) is 7.70. The minimum absolute atomic E-state index is 0.165. The Balaban J connectivity index is 1.33. The molecule has 0 aliphatic carbocycles. The maximum atomic E-state index is 14.6. The number of anilines is 2. The quantitative estimate of drug-likeness (QED) is 0.385. The number of aliphatic hydroxyl groups is 1. The Hall–Kier alpha value is -2.72. The van der Waals surface area contributed by atoms with Gasteiger partial charge in [0.1, 0.15) is 18.4 Å². The number of aliphatic hydroxyl groups excluding tert-OH is 1. The van der Waals surface area contributed by atoms with Gasteiger partial charge in [0.05, 0.1) is 10.8 Å². The summed E-state index contributed by atoms with van der Waals surface area (Å²) < 4.78 is 0. The van der Waals surface area contributed by atoms with Crippen LogP contribution in [0.15, 0.2) is 48.5 Å². The highest BCUT2D eigenvalue weighted by atomic mass is 33.1. The van der Waals surface area contributed by atoms with Crippen molar-refractivity contribution in [3.05, 3.63) is 59.7 Å². The Morgan fingerprint density at radius 2 is 1.27 bits per heavy atom. The molecule has 2 aromatic carbocycles. The van der Waals surface area contributed by atoms with Gasteiger partial charge >= 0.3 is 0 Å². The summed E-state index contributed by atoms with van der Waals surface area (Å²) in [7, 11) is 8.67. The number of likely N-dealkylation sites (N-methyl/N-ethyl adjacent to an activating group) is 2. The third-order valence-electron chi connectivity index (χ3n) is 12.0. The molecule has 8 saturated heterocycles. The number of hydrogen-bond acceptors (Lipinski definition) is 11. The molecule has 10 aliphatic rings. The molecule has 4 amide bonds. The van der Waals surface area contributed by atoms with E-state index in [1.807, 2.05) is 48.5 Å². The molecule has 10 aliphatic heterocycles. The van der Waals surface area contributed by atoms with Crippen molar-refractivity contribution in [3.8, 4) is 0 Å². The second-order valence-electron chi connectivity index (χ2n) is 13.5. The molecule has 9 atom stereocenters. The van der Waals surface area contributed by atoms with Gasteiger partial charge in [-0.2, -0.15) is 0 Å². The fraction of sp³-hybridized carbons (Fsp3) is 0.467. The van der Waals surface area contributed by atoms with Crippen molar-refractivity contribution in [3.63, 3.8) is 0 Å².